The Morgan fingerprint density at radius 2 is 1.92 bits per heavy atom. The number of alkyl carbamates (subject to hydrolysis) is 1. The Morgan fingerprint density at radius 1 is 1.24 bits per heavy atom. The van der Waals surface area contributed by atoms with Crippen molar-refractivity contribution in [1.82, 2.24) is 10.2 Å². The lowest BCUT2D eigenvalue weighted by Gasteiger charge is -2.44. The van der Waals surface area contributed by atoms with Crippen LogP contribution in [0.1, 0.15) is 48.8 Å². The van der Waals surface area contributed by atoms with Gasteiger partial charge in [0.15, 0.2) is 0 Å². The zero-order valence-corrected chi connectivity index (χ0v) is 15.4. The van der Waals surface area contributed by atoms with Gasteiger partial charge in [-0.1, -0.05) is 29.3 Å². The molecule has 1 atom stereocenters. The Hall–Kier alpha value is -2.04. The number of benzene rings is 1. The van der Waals surface area contributed by atoms with Crippen molar-refractivity contribution in [3.63, 3.8) is 0 Å². The molecule has 25 heavy (non-hydrogen) atoms. The van der Waals surface area contributed by atoms with E-state index in [0.29, 0.717) is 38.1 Å². The molecule has 136 valence electrons. The van der Waals surface area contributed by atoms with Gasteiger partial charge in [0.1, 0.15) is 0 Å². The number of ether oxygens (including phenoxy) is 1. The Kier molecular flexibility index (Phi) is 5.30. The van der Waals surface area contributed by atoms with Gasteiger partial charge in [0.05, 0.1) is 12.5 Å². The lowest BCUT2D eigenvalue weighted by atomic mass is 9.74. The normalized spacial score (nSPS) is 26.0. The molecule has 5 nitrogen and oxygen atoms in total. The predicted octanol–water partition coefficient (Wildman–Crippen LogP) is 3.14. The van der Waals surface area contributed by atoms with E-state index in [1.54, 1.807) is 0 Å². The summed E-state index contributed by atoms with van der Waals surface area (Å²) < 4.78 is 4.97. The van der Waals surface area contributed by atoms with E-state index < -0.39 is 6.09 Å². The molecule has 0 aromatic heterocycles. The van der Waals surface area contributed by atoms with Gasteiger partial charge < -0.3 is 15.0 Å². The molecule has 0 bridgehead atoms. The molecule has 2 aliphatic rings. The van der Waals surface area contributed by atoms with Crippen LogP contribution in [0.4, 0.5) is 4.79 Å². The smallest absolute Gasteiger partial charge is 0.407 e. The fourth-order valence-electron chi connectivity index (χ4n) is 4.05. The van der Waals surface area contributed by atoms with Crippen LogP contribution in [0.3, 0.4) is 0 Å². The molecule has 1 aliphatic carbocycles. The first-order chi connectivity index (χ1) is 12.0. The van der Waals surface area contributed by atoms with Crippen LogP contribution in [0, 0.1) is 19.8 Å². The number of rotatable bonds is 4. The topological polar surface area (TPSA) is 58.6 Å². The summed E-state index contributed by atoms with van der Waals surface area (Å²) in [5, 5.41) is 2.67. The number of nitrogens with one attached hydrogen (secondary N) is 1. The van der Waals surface area contributed by atoms with E-state index >= 15 is 0 Å². The van der Waals surface area contributed by atoms with Crippen molar-refractivity contribution < 1.29 is 14.3 Å². The molecule has 0 spiro atoms. The summed E-state index contributed by atoms with van der Waals surface area (Å²) in [6.07, 6.45) is 2.23. The molecule has 0 radical (unpaired) electrons. The molecule has 1 aliphatic heterocycles. The summed E-state index contributed by atoms with van der Waals surface area (Å²) in [6, 6.07) is 7.04. The van der Waals surface area contributed by atoms with Crippen LogP contribution in [0.25, 0.3) is 0 Å². The van der Waals surface area contributed by atoms with Gasteiger partial charge in [0.2, 0.25) is 5.91 Å². The first kappa shape index (κ1) is 17.8. The van der Waals surface area contributed by atoms with E-state index in [-0.39, 0.29) is 11.8 Å². The average Bonchev–Trinajstić information content (AvgIpc) is 2.73. The molecule has 3 rings (SSSR count). The quantitative estimate of drug-likeness (QED) is 0.913. The minimum Gasteiger partial charge on any atom is -0.450 e. The number of hydrogen-bond acceptors (Lipinski definition) is 3. The van der Waals surface area contributed by atoms with E-state index in [2.05, 4.69) is 37.4 Å². The summed E-state index contributed by atoms with van der Waals surface area (Å²) >= 11 is 0. The molecule has 5 heteroatoms. The van der Waals surface area contributed by atoms with Crippen LogP contribution in [0.5, 0.6) is 0 Å². The summed E-state index contributed by atoms with van der Waals surface area (Å²) in [4.78, 5) is 26.2. The highest BCUT2D eigenvalue weighted by Gasteiger charge is 2.38. The van der Waals surface area contributed by atoms with Crippen LogP contribution >= 0.6 is 0 Å². The zero-order chi connectivity index (χ0) is 18.0. The van der Waals surface area contributed by atoms with Crippen LogP contribution < -0.4 is 5.32 Å². The number of amides is 2. The van der Waals surface area contributed by atoms with Gasteiger partial charge in [-0.25, -0.2) is 4.79 Å². The average molecular weight is 344 g/mol. The Bertz CT molecular complexity index is 632. The second kappa shape index (κ2) is 7.46. The van der Waals surface area contributed by atoms with Crippen LogP contribution in [-0.2, 0) is 9.53 Å². The van der Waals surface area contributed by atoms with Gasteiger partial charge in [0.25, 0.3) is 0 Å². The van der Waals surface area contributed by atoms with Gasteiger partial charge in [-0.2, -0.15) is 0 Å². The SMILES string of the molecule is CCN(C(=O)[C@@H]1CCOC(=O)NC1)C1CC(c2cc(C)cc(C)c2)C1. The standard InChI is InChI=1S/C20H28N2O3/c1-4-22(19(23)15-5-6-25-20(24)21-12-15)18-10-17(11-18)16-8-13(2)7-14(3)9-16/h7-9,15,17-18H,4-6,10-12H2,1-3H3,(H,21,24)/t15-,17?,18?/m1/s1. The molecule has 1 heterocycles. The Balaban J connectivity index is 1.61. The highest BCUT2D eigenvalue weighted by atomic mass is 16.5. The number of nitrogens with zero attached hydrogens (tertiary/aromatic N) is 1. The van der Waals surface area contributed by atoms with Gasteiger partial charge >= 0.3 is 6.09 Å². The highest BCUT2D eigenvalue weighted by Crippen LogP contribution is 2.40. The third kappa shape index (κ3) is 3.97. The number of aryl methyl sites for hydroxylation is 2. The highest BCUT2D eigenvalue weighted by molar-refractivity contribution is 5.80. The summed E-state index contributed by atoms with van der Waals surface area (Å²) in [6.45, 7) is 7.72. The van der Waals surface area contributed by atoms with Crippen LogP contribution in [0.15, 0.2) is 18.2 Å². The first-order valence-corrected chi connectivity index (χ1v) is 9.27. The lowest BCUT2D eigenvalue weighted by Crippen LogP contribution is -2.50. The minimum atomic E-state index is -0.420. The largest absolute Gasteiger partial charge is 0.450 e. The van der Waals surface area contributed by atoms with E-state index in [0.717, 1.165) is 12.8 Å². The first-order valence-electron chi connectivity index (χ1n) is 9.27. The monoisotopic (exact) mass is 344 g/mol. The van der Waals surface area contributed by atoms with E-state index in [9.17, 15) is 9.59 Å². The van der Waals surface area contributed by atoms with Crippen molar-refractivity contribution in [2.45, 2.75) is 52.0 Å². The molecule has 1 aromatic rings. The summed E-state index contributed by atoms with van der Waals surface area (Å²) in [5.41, 5.74) is 4.00. The van der Waals surface area contributed by atoms with E-state index in [4.69, 9.17) is 4.74 Å². The molecule has 1 N–H and O–H groups in total. The van der Waals surface area contributed by atoms with Gasteiger partial charge in [-0.05, 0) is 51.5 Å². The van der Waals surface area contributed by atoms with Crippen LogP contribution in [-0.4, -0.2) is 42.6 Å². The molecule has 0 unspecified atom stereocenters. The fourth-order valence-corrected chi connectivity index (χ4v) is 4.05. The van der Waals surface area contributed by atoms with Gasteiger partial charge in [0, 0.05) is 19.1 Å². The molecule has 1 aromatic carbocycles. The number of carbonyl (C=O) groups is 2. The van der Waals surface area contributed by atoms with Crippen molar-refractivity contribution in [1.29, 1.82) is 0 Å². The lowest BCUT2D eigenvalue weighted by molar-refractivity contribution is -0.139. The van der Waals surface area contributed by atoms with Crippen molar-refractivity contribution in [3.8, 4) is 0 Å². The molecular formula is C20H28N2O3. The van der Waals surface area contributed by atoms with Crippen molar-refractivity contribution >= 4 is 12.0 Å². The predicted molar refractivity (Wildman–Crippen MR) is 96.5 cm³/mol. The molecule has 1 saturated heterocycles. The number of carbonyl (C=O) groups excluding carboxylic acids is 2. The van der Waals surface area contributed by atoms with E-state index in [1.807, 2.05) is 11.8 Å². The summed E-state index contributed by atoms with van der Waals surface area (Å²) in [5.74, 6) is 0.520. The second-order valence-electron chi connectivity index (χ2n) is 7.37. The molecule has 2 fully saturated rings. The fraction of sp³-hybridized carbons (Fsp3) is 0.600. The van der Waals surface area contributed by atoms with Crippen LogP contribution in [0.2, 0.25) is 0 Å². The number of cyclic esters (lactones) is 1. The molecular weight excluding hydrogens is 316 g/mol. The third-order valence-corrected chi connectivity index (χ3v) is 5.43. The molecule has 1 saturated carbocycles. The zero-order valence-electron chi connectivity index (χ0n) is 15.4. The maximum Gasteiger partial charge on any atom is 0.407 e. The van der Waals surface area contributed by atoms with E-state index in [1.165, 1.54) is 16.7 Å². The Labute approximate surface area is 149 Å². The maximum absolute atomic E-state index is 12.9. The van der Waals surface area contributed by atoms with Crippen molar-refractivity contribution in [2.24, 2.45) is 5.92 Å². The van der Waals surface area contributed by atoms with Gasteiger partial charge in [-0.15, -0.1) is 0 Å². The number of hydrogen-bond donors (Lipinski definition) is 1. The minimum absolute atomic E-state index is 0.150. The maximum atomic E-state index is 12.9. The van der Waals surface area contributed by atoms with Crippen molar-refractivity contribution in [3.05, 3.63) is 34.9 Å². The van der Waals surface area contributed by atoms with Crippen molar-refractivity contribution in [2.75, 3.05) is 19.7 Å². The third-order valence-electron chi connectivity index (χ3n) is 5.43. The van der Waals surface area contributed by atoms with Gasteiger partial charge in [-0.3, -0.25) is 4.79 Å². The Morgan fingerprint density at radius 3 is 2.56 bits per heavy atom. The summed E-state index contributed by atoms with van der Waals surface area (Å²) in [7, 11) is 0. The second-order valence-corrected chi connectivity index (χ2v) is 7.37. The molecule has 2 amide bonds.